The van der Waals surface area contributed by atoms with Crippen LogP contribution in [0, 0.1) is 0 Å². The summed E-state index contributed by atoms with van der Waals surface area (Å²) in [5, 5.41) is 13.5. The minimum Gasteiger partial charge on any atom is -0.488 e. The summed E-state index contributed by atoms with van der Waals surface area (Å²) < 4.78 is 7.44. The number of benzene rings is 2. The molecule has 0 saturated carbocycles. The van der Waals surface area contributed by atoms with Gasteiger partial charge < -0.3 is 9.84 Å². The fourth-order valence-corrected chi connectivity index (χ4v) is 2.30. The molecule has 0 aliphatic heterocycles. The molecule has 0 radical (unpaired) electrons. The van der Waals surface area contributed by atoms with Crippen molar-refractivity contribution in [2.45, 2.75) is 6.61 Å². The van der Waals surface area contributed by atoms with Crippen LogP contribution in [0.4, 0.5) is 0 Å². The van der Waals surface area contributed by atoms with Crippen molar-refractivity contribution in [2.75, 3.05) is 0 Å². The van der Waals surface area contributed by atoms with Crippen molar-refractivity contribution in [3.8, 4) is 16.9 Å². The quantitative estimate of drug-likeness (QED) is 0.785. The Bertz CT molecular complexity index is 825. The van der Waals surface area contributed by atoms with Crippen LogP contribution >= 0.6 is 0 Å². The van der Waals surface area contributed by atoms with Crippen LogP contribution in [0.1, 0.15) is 15.9 Å². The van der Waals surface area contributed by atoms with E-state index < -0.39 is 5.97 Å². The number of aromatic nitrogens is 2. The van der Waals surface area contributed by atoms with Crippen LogP contribution in [0.15, 0.2) is 60.9 Å². The number of aromatic carboxylic acids is 1. The Morgan fingerprint density at radius 1 is 1.17 bits per heavy atom. The molecule has 0 amide bonds. The molecule has 3 aromatic rings. The zero-order chi connectivity index (χ0) is 16.2. The Morgan fingerprint density at radius 3 is 2.61 bits per heavy atom. The van der Waals surface area contributed by atoms with E-state index in [0.29, 0.717) is 12.4 Å². The van der Waals surface area contributed by atoms with Gasteiger partial charge in [0.25, 0.3) is 0 Å². The Morgan fingerprint density at radius 2 is 1.96 bits per heavy atom. The molecule has 0 atom stereocenters. The monoisotopic (exact) mass is 308 g/mol. The second kappa shape index (κ2) is 6.36. The van der Waals surface area contributed by atoms with E-state index in [9.17, 15) is 9.90 Å². The molecule has 1 aromatic heterocycles. The lowest BCUT2D eigenvalue weighted by molar-refractivity contribution is 0.0692. The Labute approximate surface area is 133 Å². The van der Waals surface area contributed by atoms with Crippen LogP contribution < -0.4 is 4.74 Å². The van der Waals surface area contributed by atoms with E-state index in [1.54, 1.807) is 29.1 Å². The molecule has 0 aliphatic carbocycles. The Hall–Kier alpha value is -3.08. The predicted molar refractivity (Wildman–Crippen MR) is 86.4 cm³/mol. The predicted octanol–water partition coefficient (Wildman–Crippen LogP) is 3.36. The maximum absolute atomic E-state index is 11.4. The van der Waals surface area contributed by atoms with Crippen LogP contribution in [0.2, 0.25) is 0 Å². The molecular formula is C18H16N2O3. The molecule has 5 nitrogen and oxygen atoms in total. The summed E-state index contributed by atoms with van der Waals surface area (Å²) >= 11 is 0. The second-order valence-electron chi connectivity index (χ2n) is 5.19. The fourth-order valence-electron chi connectivity index (χ4n) is 2.30. The third kappa shape index (κ3) is 3.40. The number of rotatable bonds is 5. The van der Waals surface area contributed by atoms with Gasteiger partial charge in [0.2, 0.25) is 0 Å². The summed E-state index contributed by atoms with van der Waals surface area (Å²) in [6.45, 7) is 0.317. The lowest BCUT2D eigenvalue weighted by Gasteiger charge is -2.11. The van der Waals surface area contributed by atoms with Gasteiger partial charge in [0.05, 0.1) is 6.20 Å². The third-order valence-corrected chi connectivity index (χ3v) is 3.49. The van der Waals surface area contributed by atoms with Crippen LogP contribution in [-0.4, -0.2) is 20.9 Å². The first-order valence-electron chi connectivity index (χ1n) is 7.16. The first-order valence-corrected chi connectivity index (χ1v) is 7.16. The summed E-state index contributed by atoms with van der Waals surface area (Å²) in [7, 11) is 1.84. The highest BCUT2D eigenvalue weighted by Gasteiger charge is 2.13. The lowest BCUT2D eigenvalue weighted by Crippen LogP contribution is -2.03. The molecule has 0 aliphatic rings. The van der Waals surface area contributed by atoms with Crippen molar-refractivity contribution in [3.05, 3.63) is 72.1 Å². The van der Waals surface area contributed by atoms with Gasteiger partial charge in [0.1, 0.15) is 17.9 Å². The van der Waals surface area contributed by atoms with E-state index in [1.807, 2.05) is 43.6 Å². The van der Waals surface area contributed by atoms with Crippen LogP contribution in [0.5, 0.6) is 5.75 Å². The zero-order valence-electron chi connectivity index (χ0n) is 12.6. The van der Waals surface area contributed by atoms with E-state index in [1.165, 1.54) is 0 Å². The van der Waals surface area contributed by atoms with Crippen molar-refractivity contribution in [1.82, 2.24) is 9.78 Å². The van der Waals surface area contributed by atoms with Crippen LogP contribution in [-0.2, 0) is 13.7 Å². The van der Waals surface area contributed by atoms with Gasteiger partial charge in [0.15, 0.2) is 0 Å². The Balaban J connectivity index is 1.90. The number of carboxylic acids is 1. The highest BCUT2D eigenvalue weighted by molar-refractivity contribution is 5.92. The van der Waals surface area contributed by atoms with Crippen LogP contribution in [0.3, 0.4) is 0 Å². The molecule has 23 heavy (non-hydrogen) atoms. The average Bonchev–Trinajstić information content (AvgIpc) is 3.00. The number of carboxylic acid groups (broad SMARTS) is 1. The number of carbonyl (C=O) groups is 1. The third-order valence-electron chi connectivity index (χ3n) is 3.49. The maximum atomic E-state index is 11.4. The number of nitrogens with zero attached hydrogens (tertiary/aromatic N) is 2. The Kier molecular flexibility index (Phi) is 4.10. The standard InChI is InChI=1S/C18H16N2O3/c1-20-11-15(10-19-20)14-7-8-16(18(21)22)17(9-14)23-12-13-5-3-2-4-6-13/h2-11H,12H2,1H3,(H,21,22). The highest BCUT2D eigenvalue weighted by Crippen LogP contribution is 2.28. The number of ether oxygens (including phenoxy) is 1. The second-order valence-corrected chi connectivity index (χ2v) is 5.19. The summed E-state index contributed by atoms with van der Waals surface area (Å²) in [4.78, 5) is 11.4. The summed E-state index contributed by atoms with van der Waals surface area (Å²) in [6, 6.07) is 14.7. The van der Waals surface area contributed by atoms with Gasteiger partial charge in [0, 0.05) is 18.8 Å². The molecule has 0 fully saturated rings. The van der Waals surface area contributed by atoms with Crippen molar-refractivity contribution < 1.29 is 14.6 Å². The minimum atomic E-state index is -1.01. The number of aryl methyl sites for hydroxylation is 1. The van der Waals surface area contributed by atoms with Gasteiger partial charge in [-0.1, -0.05) is 36.4 Å². The molecule has 0 bridgehead atoms. The number of hydrogen-bond acceptors (Lipinski definition) is 3. The van der Waals surface area contributed by atoms with E-state index in [0.717, 1.165) is 16.7 Å². The molecule has 1 N–H and O–H groups in total. The van der Waals surface area contributed by atoms with Gasteiger partial charge >= 0.3 is 5.97 Å². The van der Waals surface area contributed by atoms with E-state index in [-0.39, 0.29) is 5.56 Å². The van der Waals surface area contributed by atoms with Gasteiger partial charge in [-0.25, -0.2) is 4.79 Å². The van der Waals surface area contributed by atoms with Gasteiger partial charge in [-0.3, -0.25) is 4.68 Å². The largest absolute Gasteiger partial charge is 0.488 e. The van der Waals surface area contributed by atoms with Gasteiger partial charge in [-0.15, -0.1) is 0 Å². The van der Waals surface area contributed by atoms with Crippen molar-refractivity contribution >= 4 is 5.97 Å². The maximum Gasteiger partial charge on any atom is 0.339 e. The SMILES string of the molecule is Cn1cc(-c2ccc(C(=O)O)c(OCc3ccccc3)c2)cn1. The highest BCUT2D eigenvalue weighted by atomic mass is 16.5. The summed E-state index contributed by atoms with van der Waals surface area (Å²) in [5.41, 5.74) is 2.91. The first-order chi connectivity index (χ1) is 11.1. The molecule has 2 aromatic carbocycles. The van der Waals surface area contributed by atoms with E-state index >= 15 is 0 Å². The molecule has 1 heterocycles. The van der Waals surface area contributed by atoms with Gasteiger partial charge in [-0.05, 0) is 23.3 Å². The molecule has 0 saturated heterocycles. The minimum absolute atomic E-state index is 0.147. The zero-order valence-corrected chi connectivity index (χ0v) is 12.6. The van der Waals surface area contributed by atoms with Crippen molar-refractivity contribution in [1.29, 1.82) is 0 Å². The summed E-state index contributed by atoms with van der Waals surface area (Å²) in [6.07, 6.45) is 3.60. The molecule has 0 unspecified atom stereocenters. The van der Waals surface area contributed by atoms with Crippen molar-refractivity contribution in [2.24, 2.45) is 7.05 Å². The first kappa shape index (κ1) is 14.8. The van der Waals surface area contributed by atoms with Gasteiger partial charge in [-0.2, -0.15) is 5.10 Å². The smallest absolute Gasteiger partial charge is 0.339 e. The van der Waals surface area contributed by atoms with Crippen LogP contribution in [0.25, 0.3) is 11.1 Å². The molecule has 0 spiro atoms. The van der Waals surface area contributed by atoms with E-state index in [2.05, 4.69) is 5.10 Å². The van der Waals surface area contributed by atoms with Crippen molar-refractivity contribution in [3.63, 3.8) is 0 Å². The van der Waals surface area contributed by atoms with E-state index in [4.69, 9.17) is 4.74 Å². The molecular weight excluding hydrogens is 292 g/mol. The molecule has 116 valence electrons. The average molecular weight is 308 g/mol. The topological polar surface area (TPSA) is 64.4 Å². The normalized spacial score (nSPS) is 10.5. The molecule has 5 heteroatoms. The lowest BCUT2D eigenvalue weighted by atomic mass is 10.1. The molecule has 3 rings (SSSR count). The number of hydrogen-bond donors (Lipinski definition) is 1. The summed E-state index contributed by atoms with van der Waals surface area (Å²) in [5.74, 6) is -0.659. The fraction of sp³-hybridized carbons (Fsp3) is 0.111.